The van der Waals surface area contributed by atoms with E-state index in [1.807, 2.05) is 25.1 Å². The second-order valence-corrected chi connectivity index (χ2v) is 6.67. The summed E-state index contributed by atoms with van der Waals surface area (Å²) in [5.41, 5.74) is 1.86. The van der Waals surface area contributed by atoms with Gasteiger partial charge in [0.25, 0.3) is 0 Å². The molecular weight excluding hydrogens is 312 g/mol. The number of rotatable bonds is 7. The number of aromatic nitrogens is 4. The van der Waals surface area contributed by atoms with E-state index in [4.69, 9.17) is 9.26 Å². The lowest BCUT2D eigenvalue weighted by atomic mass is 10.2. The predicted octanol–water partition coefficient (Wildman–Crippen LogP) is 4.15. The van der Waals surface area contributed by atoms with Crippen LogP contribution >= 0.6 is 11.8 Å². The number of methoxy groups -OCH3 is 1. The first-order valence-corrected chi connectivity index (χ1v) is 8.60. The molecule has 0 spiro atoms. The molecule has 2 heterocycles. The molecule has 1 atom stereocenters. The fraction of sp³-hybridized carbons (Fsp3) is 0.438. The molecule has 0 fully saturated rings. The smallest absolute Gasteiger partial charge is 0.239 e. The summed E-state index contributed by atoms with van der Waals surface area (Å²) in [4.78, 5) is 12.3. The van der Waals surface area contributed by atoms with Gasteiger partial charge in [0.05, 0.1) is 23.4 Å². The standard InChI is InChI=1S/C16H20N4O2S/c1-4-5-6-14-19-15(22-20-14)10(2)23-16-17-12-8-7-11(21-3)9-13(12)18-16/h7-10H,4-6H2,1-3H3,(H,17,18). The molecule has 23 heavy (non-hydrogen) atoms. The Bertz CT molecular complexity index is 783. The fourth-order valence-corrected chi connectivity index (χ4v) is 3.09. The molecular formula is C16H20N4O2S. The van der Waals surface area contributed by atoms with Crippen LogP contribution in [0.15, 0.2) is 27.9 Å². The Kier molecular flexibility index (Phi) is 4.85. The van der Waals surface area contributed by atoms with E-state index in [2.05, 4.69) is 27.0 Å². The molecule has 2 aromatic heterocycles. The monoisotopic (exact) mass is 332 g/mol. The van der Waals surface area contributed by atoms with E-state index in [9.17, 15) is 0 Å². The Morgan fingerprint density at radius 1 is 1.35 bits per heavy atom. The van der Waals surface area contributed by atoms with E-state index >= 15 is 0 Å². The second kappa shape index (κ2) is 7.04. The van der Waals surface area contributed by atoms with Crippen LogP contribution in [-0.4, -0.2) is 27.2 Å². The van der Waals surface area contributed by atoms with E-state index in [1.54, 1.807) is 18.9 Å². The van der Waals surface area contributed by atoms with E-state index in [0.29, 0.717) is 5.89 Å². The van der Waals surface area contributed by atoms with Crippen LogP contribution in [0.5, 0.6) is 5.75 Å². The minimum atomic E-state index is 0.0420. The summed E-state index contributed by atoms with van der Waals surface area (Å²) < 4.78 is 10.6. The highest BCUT2D eigenvalue weighted by molar-refractivity contribution is 7.99. The minimum Gasteiger partial charge on any atom is -0.497 e. The third kappa shape index (κ3) is 3.67. The maximum atomic E-state index is 5.36. The van der Waals surface area contributed by atoms with Gasteiger partial charge in [-0.15, -0.1) is 0 Å². The summed E-state index contributed by atoms with van der Waals surface area (Å²) in [5.74, 6) is 2.23. The summed E-state index contributed by atoms with van der Waals surface area (Å²) in [5, 5.41) is 4.91. The first-order chi connectivity index (χ1) is 11.2. The van der Waals surface area contributed by atoms with Gasteiger partial charge in [-0.2, -0.15) is 4.98 Å². The van der Waals surface area contributed by atoms with Gasteiger partial charge < -0.3 is 14.2 Å². The molecule has 0 aliphatic carbocycles. The van der Waals surface area contributed by atoms with Gasteiger partial charge in [0.15, 0.2) is 11.0 Å². The molecule has 0 saturated carbocycles. The van der Waals surface area contributed by atoms with Crippen molar-refractivity contribution in [1.82, 2.24) is 20.1 Å². The Morgan fingerprint density at radius 2 is 2.22 bits per heavy atom. The largest absolute Gasteiger partial charge is 0.497 e. The first-order valence-electron chi connectivity index (χ1n) is 7.72. The molecule has 7 heteroatoms. The van der Waals surface area contributed by atoms with E-state index in [1.165, 1.54) is 0 Å². The number of imidazole rings is 1. The zero-order chi connectivity index (χ0) is 16.2. The van der Waals surface area contributed by atoms with Crippen molar-refractivity contribution < 1.29 is 9.26 Å². The molecule has 1 unspecified atom stereocenters. The summed E-state index contributed by atoms with van der Waals surface area (Å²) in [6.07, 6.45) is 3.06. The number of nitrogens with one attached hydrogen (secondary N) is 1. The van der Waals surface area contributed by atoms with Crippen molar-refractivity contribution in [1.29, 1.82) is 0 Å². The van der Waals surface area contributed by atoms with Gasteiger partial charge >= 0.3 is 0 Å². The van der Waals surface area contributed by atoms with Gasteiger partial charge in [0.1, 0.15) is 5.75 Å². The molecule has 0 radical (unpaired) electrons. The SMILES string of the molecule is CCCCc1noc(C(C)Sc2nc3ccc(OC)cc3[nH]2)n1. The van der Waals surface area contributed by atoms with Gasteiger partial charge in [0, 0.05) is 12.5 Å². The van der Waals surface area contributed by atoms with Gasteiger partial charge in [-0.05, 0) is 25.5 Å². The number of aryl methyl sites for hydroxylation is 1. The number of aromatic amines is 1. The average molecular weight is 332 g/mol. The van der Waals surface area contributed by atoms with Crippen molar-refractivity contribution in [2.24, 2.45) is 0 Å². The van der Waals surface area contributed by atoms with E-state index < -0.39 is 0 Å². The van der Waals surface area contributed by atoms with Gasteiger partial charge in [-0.1, -0.05) is 30.3 Å². The third-order valence-electron chi connectivity index (χ3n) is 3.54. The first kappa shape index (κ1) is 15.9. The third-order valence-corrected chi connectivity index (χ3v) is 4.51. The van der Waals surface area contributed by atoms with Crippen molar-refractivity contribution in [2.75, 3.05) is 7.11 Å². The molecule has 1 aromatic carbocycles. The van der Waals surface area contributed by atoms with Crippen molar-refractivity contribution >= 4 is 22.8 Å². The Balaban J connectivity index is 1.71. The predicted molar refractivity (Wildman–Crippen MR) is 89.8 cm³/mol. The van der Waals surface area contributed by atoms with Crippen LogP contribution in [0.2, 0.25) is 0 Å². The quantitative estimate of drug-likeness (QED) is 0.655. The number of hydrogen-bond acceptors (Lipinski definition) is 6. The number of nitrogens with zero attached hydrogens (tertiary/aromatic N) is 3. The van der Waals surface area contributed by atoms with Gasteiger partial charge in [0.2, 0.25) is 5.89 Å². The fourth-order valence-electron chi connectivity index (χ4n) is 2.23. The number of unbranched alkanes of at least 4 members (excludes halogenated alkanes) is 1. The summed E-state index contributed by atoms with van der Waals surface area (Å²) in [7, 11) is 1.65. The van der Waals surface area contributed by atoms with Crippen LogP contribution in [0.1, 0.15) is 43.7 Å². The van der Waals surface area contributed by atoms with Gasteiger partial charge in [-0.3, -0.25) is 0 Å². The topological polar surface area (TPSA) is 76.8 Å². The van der Waals surface area contributed by atoms with Crippen LogP contribution in [-0.2, 0) is 6.42 Å². The van der Waals surface area contributed by atoms with Crippen LogP contribution in [0.3, 0.4) is 0 Å². The number of ether oxygens (including phenoxy) is 1. The Labute approximate surface area is 139 Å². The normalized spacial score (nSPS) is 12.7. The van der Waals surface area contributed by atoms with Crippen LogP contribution in [0, 0.1) is 0 Å². The molecule has 1 N–H and O–H groups in total. The number of hydrogen-bond donors (Lipinski definition) is 1. The maximum Gasteiger partial charge on any atom is 0.239 e. The highest BCUT2D eigenvalue weighted by atomic mass is 32.2. The van der Waals surface area contributed by atoms with Crippen molar-refractivity contribution in [2.45, 2.75) is 43.5 Å². The van der Waals surface area contributed by atoms with Crippen LogP contribution < -0.4 is 4.74 Å². The average Bonchev–Trinajstić information content (AvgIpc) is 3.18. The van der Waals surface area contributed by atoms with E-state index in [-0.39, 0.29) is 5.25 Å². The molecule has 0 bridgehead atoms. The van der Waals surface area contributed by atoms with Crippen molar-refractivity contribution in [3.8, 4) is 5.75 Å². The Morgan fingerprint density at radius 3 is 3.00 bits per heavy atom. The Hall–Kier alpha value is -2.02. The van der Waals surface area contributed by atoms with Crippen molar-refractivity contribution in [3.05, 3.63) is 29.9 Å². The lowest BCUT2D eigenvalue weighted by molar-refractivity contribution is 0.374. The number of thioether (sulfide) groups is 1. The number of H-pyrrole nitrogens is 1. The molecule has 3 aromatic rings. The highest BCUT2D eigenvalue weighted by Crippen LogP contribution is 2.33. The number of fused-ring (bicyclic) bond motifs is 1. The minimum absolute atomic E-state index is 0.0420. The van der Waals surface area contributed by atoms with Crippen LogP contribution in [0.25, 0.3) is 11.0 Å². The summed E-state index contributed by atoms with van der Waals surface area (Å²) in [6.45, 7) is 4.19. The highest BCUT2D eigenvalue weighted by Gasteiger charge is 2.17. The zero-order valence-corrected chi connectivity index (χ0v) is 14.3. The summed E-state index contributed by atoms with van der Waals surface area (Å²) >= 11 is 1.57. The molecule has 0 aliphatic heterocycles. The molecule has 0 aliphatic rings. The van der Waals surface area contributed by atoms with E-state index in [0.717, 1.165) is 47.0 Å². The lowest BCUT2D eigenvalue weighted by Crippen LogP contribution is -1.92. The lowest BCUT2D eigenvalue weighted by Gasteiger charge is -2.02. The molecule has 122 valence electrons. The van der Waals surface area contributed by atoms with Gasteiger partial charge in [-0.25, -0.2) is 4.98 Å². The molecule has 6 nitrogen and oxygen atoms in total. The number of benzene rings is 1. The molecule has 0 amide bonds. The molecule has 0 saturated heterocycles. The van der Waals surface area contributed by atoms with Crippen LogP contribution in [0.4, 0.5) is 0 Å². The molecule has 3 rings (SSSR count). The second-order valence-electron chi connectivity index (χ2n) is 5.34. The maximum absolute atomic E-state index is 5.36. The summed E-state index contributed by atoms with van der Waals surface area (Å²) in [6, 6.07) is 5.78. The van der Waals surface area contributed by atoms with Crippen molar-refractivity contribution in [3.63, 3.8) is 0 Å². The zero-order valence-electron chi connectivity index (χ0n) is 13.5.